The maximum absolute atomic E-state index is 11.5. The van der Waals surface area contributed by atoms with Gasteiger partial charge in [-0.05, 0) is 33.5 Å². The largest absolute Gasteiger partial charge is 0.416 e. The van der Waals surface area contributed by atoms with Crippen molar-refractivity contribution >= 4 is 27.0 Å². The van der Waals surface area contributed by atoms with Crippen LogP contribution in [0.5, 0.6) is 0 Å². The Labute approximate surface area is 225 Å². The van der Waals surface area contributed by atoms with Crippen LogP contribution in [0.4, 0.5) is 0 Å². The molecule has 2 N–H and O–H groups in total. The molecule has 204 valence electrons. The highest BCUT2D eigenvalue weighted by Crippen LogP contribution is 2.49. The van der Waals surface area contributed by atoms with Crippen molar-refractivity contribution in [3.8, 4) is 0 Å². The number of ether oxygens (including phenoxy) is 1. The number of rotatable bonds is 8. The summed E-state index contributed by atoms with van der Waals surface area (Å²) >= 11 is 0. The SMILES string of the molecule is CC(C)(C)[Si](C)(C)OC[C@H]1[C@H](CO)[C@H]2O[C@@H]1[C@H](O[Si](c1ccccc1)(c1ccccc1)C(C)(C)C)[C@H]2O. The summed E-state index contributed by atoms with van der Waals surface area (Å²) in [6, 6.07) is 21.0. The number of aliphatic hydroxyl groups excluding tert-OH is 2. The molecular weight excluding hydrogens is 496 g/mol. The van der Waals surface area contributed by atoms with Gasteiger partial charge in [0.1, 0.15) is 12.2 Å². The molecule has 0 aliphatic carbocycles. The van der Waals surface area contributed by atoms with E-state index < -0.39 is 34.9 Å². The third kappa shape index (κ3) is 5.04. The Kier molecular flexibility index (Phi) is 8.01. The molecule has 0 amide bonds. The highest BCUT2D eigenvalue weighted by Gasteiger charge is 2.63. The van der Waals surface area contributed by atoms with Crippen molar-refractivity contribution in [1.29, 1.82) is 0 Å². The van der Waals surface area contributed by atoms with Gasteiger partial charge in [-0.2, -0.15) is 0 Å². The van der Waals surface area contributed by atoms with Crippen LogP contribution in [0.15, 0.2) is 60.7 Å². The van der Waals surface area contributed by atoms with Gasteiger partial charge in [-0.25, -0.2) is 0 Å². The smallest absolute Gasteiger partial charge is 0.261 e. The first kappa shape index (κ1) is 28.7. The van der Waals surface area contributed by atoms with Gasteiger partial charge < -0.3 is 23.8 Å². The summed E-state index contributed by atoms with van der Waals surface area (Å²) in [5.41, 5.74) is 0. The topological polar surface area (TPSA) is 68.2 Å². The van der Waals surface area contributed by atoms with E-state index >= 15 is 0 Å². The zero-order valence-corrected chi connectivity index (χ0v) is 25.8. The maximum atomic E-state index is 11.5. The van der Waals surface area contributed by atoms with Crippen molar-refractivity contribution in [2.45, 2.75) is 89.1 Å². The molecule has 0 saturated carbocycles. The van der Waals surface area contributed by atoms with Crippen LogP contribution in [-0.2, 0) is 13.6 Å². The molecule has 0 spiro atoms. The normalized spacial score (nSPS) is 28.6. The monoisotopic (exact) mass is 542 g/mol. The lowest BCUT2D eigenvalue weighted by atomic mass is 9.77. The Morgan fingerprint density at radius 1 is 0.784 bits per heavy atom. The number of hydrogen-bond donors (Lipinski definition) is 2. The van der Waals surface area contributed by atoms with E-state index in [1.54, 1.807) is 0 Å². The Hall–Kier alpha value is -1.33. The van der Waals surface area contributed by atoms with E-state index in [0.29, 0.717) is 6.61 Å². The van der Waals surface area contributed by atoms with Gasteiger partial charge in [0.25, 0.3) is 8.32 Å². The molecule has 2 fully saturated rings. The molecule has 0 unspecified atom stereocenters. The second kappa shape index (κ2) is 10.3. The van der Waals surface area contributed by atoms with Crippen molar-refractivity contribution in [3.63, 3.8) is 0 Å². The Bertz CT molecular complexity index is 992. The summed E-state index contributed by atoms with van der Waals surface area (Å²) < 4.78 is 20.4. The minimum atomic E-state index is -2.88. The van der Waals surface area contributed by atoms with Crippen LogP contribution in [-0.4, -0.2) is 64.5 Å². The van der Waals surface area contributed by atoms with Gasteiger partial charge in [0.15, 0.2) is 8.32 Å². The quantitative estimate of drug-likeness (QED) is 0.487. The molecule has 6 atom stereocenters. The van der Waals surface area contributed by atoms with E-state index in [0.717, 1.165) is 0 Å². The van der Waals surface area contributed by atoms with E-state index in [1.807, 2.05) is 12.1 Å². The van der Waals surface area contributed by atoms with Gasteiger partial charge in [0.2, 0.25) is 0 Å². The summed E-state index contributed by atoms with van der Waals surface area (Å²) in [6.07, 6.45) is -2.07. The molecule has 4 rings (SSSR count). The average Bonchev–Trinajstić information content (AvgIpc) is 3.35. The third-order valence-electron chi connectivity index (χ3n) is 9.09. The molecule has 2 aromatic carbocycles. The Balaban J connectivity index is 1.73. The molecule has 2 aliphatic rings. The lowest BCUT2D eigenvalue weighted by Crippen LogP contribution is -2.70. The minimum absolute atomic E-state index is 0.0317. The first-order chi connectivity index (χ1) is 17.2. The second-order valence-corrected chi connectivity index (χ2v) is 22.4. The van der Waals surface area contributed by atoms with Crippen LogP contribution in [0.25, 0.3) is 0 Å². The fourth-order valence-corrected chi connectivity index (χ4v) is 11.7. The van der Waals surface area contributed by atoms with Crippen LogP contribution >= 0.6 is 0 Å². The van der Waals surface area contributed by atoms with Crippen LogP contribution in [0, 0.1) is 11.8 Å². The van der Waals surface area contributed by atoms with E-state index in [2.05, 4.69) is 103 Å². The van der Waals surface area contributed by atoms with Crippen molar-refractivity contribution in [3.05, 3.63) is 60.7 Å². The summed E-state index contributed by atoms with van der Waals surface area (Å²) in [6.45, 7) is 18.4. The van der Waals surface area contributed by atoms with Gasteiger partial charge in [-0.15, -0.1) is 0 Å². The molecule has 0 radical (unpaired) electrons. The fourth-order valence-electron chi connectivity index (χ4n) is 5.92. The van der Waals surface area contributed by atoms with Gasteiger partial charge in [-0.3, -0.25) is 0 Å². The molecule has 0 aromatic heterocycles. The molecule has 7 heteroatoms. The minimum Gasteiger partial charge on any atom is -0.416 e. The van der Waals surface area contributed by atoms with Crippen LogP contribution in [0.3, 0.4) is 0 Å². The van der Waals surface area contributed by atoms with Crippen molar-refractivity contribution in [1.82, 2.24) is 0 Å². The predicted octanol–water partition coefficient (Wildman–Crippen LogP) is 4.32. The van der Waals surface area contributed by atoms with Gasteiger partial charge in [0.05, 0.1) is 12.2 Å². The summed E-state index contributed by atoms with van der Waals surface area (Å²) in [5, 5.41) is 24.0. The highest BCUT2D eigenvalue weighted by atomic mass is 28.4. The van der Waals surface area contributed by atoms with Crippen LogP contribution < -0.4 is 10.4 Å². The highest BCUT2D eigenvalue weighted by molar-refractivity contribution is 6.99. The van der Waals surface area contributed by atoms with Crippen molar-refractivity contribution in [2.75, 3.05) is 13.2 Å². The fraction of sp³-hybridized carbons (Fsp3) is 0.600. The summed E-state index contributed by atoms with van der Waals surface area (Å²) in [5.74, 6) is -0.195. The predicted molar refractivity (Wildman–Crippen MR) is 154 cm³/mol. The van der Waals surface area contributed by atoms with Gasteiger partial charge in [-0.1, -0.05) is 102 Å². The maximum Gasteiger partial charge on any atom is 0.261 e. The van der Waals surface area contributed by atoms with Gasteiger partial charge >= 0.3 is 0 Å². The number of fused-ring (bicyclic) bond motifs is 2. The van der Waals surface area contributed by atoms with Gasteiger partial charge in [0, 0.05) is 25.0 Å². The molecule has 5 nitrogen and oxygen atoms in total. The van der Waals surface area contributed by atoms with E-state index in [4.69, 9.17) is 13.6 Å². The molecular formula is C30H46O5Si2. The van der Waals surface area contributed by atoms with Crippen LogP contribution in [0.2, 0.25) is 23.2 Å². The molecule has 2 saturated heterocycles. The lowest BCUT2D eigenvalue weighted by molar-refractivity contribution is -0.0326. The zero-order valence-electron chi connectivity index (χ0n) is 23.8. The lowest BCUT2D eigenvalue weighted by Gasteiger charge is -2.47. The number of aliphatic hydroxyl groups is 2. The van der Waals surface area contributed by atoms with E-state index in [9.17, 15) is 10.2 Å². The molecule has 2 aliphatic heterocycles. The molecule has 2 heterocycles. The van der Waals surface area contributed by atoms with E-state index in [1.165, 1.54) is 10.4 Å². The molecule has 2 aromatic rings. The number of hydrogen-bond acceptors (Lipinski definition) is 5. The molecule has 2 bridgehead atoms. The van der Waals surface area contributed by atoms with Crippen LogP contribution in [0.1, 0.15) is 41.5 Å². The number of benzene rings is 2. The summed E-state index contributed by atoms with van der Waals surface area (Å²) in [4.78, 5) is 0. The first-order valence-corrected chi connectivity index (χ1v) is 18.4. The Morgan fingerprint density at radius 3 is 1.73 bits per heavy atom. The average molecular weight is 543 g/mol. The van der Waals surface area contributed by atoms with Crippen molar-refractivity contribution in [2.24, 2.45) is 11.8 Å². The zero-order chi connectivity index (χ0) is 27.2. The standard InChI is InChI=1S/C30H46O5Si2/c1-29(2,3)36(7,8)33-20-24-23(19-31)26-25(32)28(27(24)34-26)35-37(30(4,5)6,21-15-11-9-12-16-21)22-17-13-10-14-18-22/h9-18,23-28,31-32H,19-20H2,1-8H3/t23-,24-,25-,26+,27-,28+/m0/s1. The van der Waals surface area contributed by atoms with Crippen molar-refractivity contribution < 1.29 is 23.8 Å². The Morgan fingerprint density at radius 2 is 1.30 bits per heavy atom. The summed E-state index contributed by atoms with van der Waals surface area (Å²) in [7, 11) is -4.87. The second-order valence-electron chi connectivity index (χ2n) is 13.4. The third-order valence-corrected chi connectivity index (χ3v) is 18.6. The first-order valence-electron chi connectivity index (χ1n) is 13.6. The van der Waals surface area contributed by atoms with E-state index in [-0.39, 0.29) is 34.6 Å². The molecule has 37 heavy (non-hydrogen) atoms.